The molecular weight excluding hydrogens is 274 g/mol. The molecule has 0 saturated heterocycles. The number of anilines is 1. The standard InChI is InChI=1S/C10H8ClN5O3/c1-5-3-2-4-6(7(5)16(17)18)19-10-14-8(11)13-9(12)15-10/h2-4H,1H3,(H2,12,13,14,15). The van der Waals surface area contributed by atoms with Crippen molar-refractivity contribution in [1.29, 1.82) is 0 Å². The molecule has 2 aromatic rings. The maximum Gasteiger partial charge on any atom is 0.328 e. The van der Waals surface area contributed by atoms with Crippen molar-refractivity contribution in [3.63, 3.8) is 0 Å². The average molecular weight is 282 g/mol. The monoisotopic (exact) mass is 281 g/mol. The van der Waals surface area contributed by atoms with Crippen LogP contribution in [-0.4, -0.2) is 19.9 Å². The number of nitrogens with zero attached hydrogens (tertiary/aromatic N) is 4. The number of nitrogen functional groups attached to an aromatic ring is 1. The summed E-state index contributed by atoms with van der Waals surface area (Å²) in [6.07, 6.45) is 0. The average Bonchev–Trinajstić information content (AvgIpc) is 2.26. The van der Waals surface area contributed by atoms with Gasteiger partial charge in [-0.05, 0) is 24.6 Å². The molecule has 0 bridgehead atoms. The summed E-state index contributed by atoms with van der Waals surface area (Å²) in [6.45, 7) is 1.60. The van der Waals surface area contributed by atoms with Crippen LogP contribution >= 0.6 is 11.6 Å². The van der Waals surface area contributed by atoms with Gasteiger partial charge in [0.15, 0.2) is 0 Å². The van der Waals surface area contributed by atoms with Gasteiger partial charge < -0.3 is 10.5 Å². The van der Waals surface area contributed by atoms with Crippen LogP contribution in [0.3, 0.4) is 0 Å². The molecule has 0 aliphatic rings. The molecule has 2 N–H and O–H groups in total. The molecule has 19 heavy (non-hydrogen) atoms. The van der Waals surface area contributed by atoms with Gasteiger partial charge in [0, 0.05) is 5.56 Å². The van der Waals surface area contributed by atoms with E-state index in [4.69, 9.17) is 22.1 Å². The topological polar surface area (TPSA) is 117 Å². The van der Waals surface area contributed by atoms with Crippen LogP contribution in [0.2, 0.25) is 5.28 Å². The third kappa shape index (κ3) is 2.86. The van der Waals surface area contributed by atoms with Gasteiger partial charge >= 0.3 is 11.7 Å². The fraction of sp³-hybridized carbons (Fsp3) is 0.100. The zero-order valence-electron chi connectivity index (χ0n) is 9.70. The minimum absolute atomic E-state index is 0.00617. The highest BCUT2D eigenvalue weighted by molar-refractivity contribution is 6.28. The minimum atomic E-state index is -0.545. The van der Waals surface area contributed by atoms with Gasteiger partial charge in [-0.3, -0.25) is 10.1 Å². The predicted molar refractivity (Wildman–Crippen MR) is 67.2 cm³/mol. The van der Waals surface area contributed by atoms with Crippen molar-refractivity contribution in [2.24, 2.45) is 0 Å². The molecule has 0 aliphatic carbocycles. The van der Waals surface area contributed by atoms with Gasteiger partial charge in [-0.1, -0.05) is 12.1 Å². The normalized spacial score (nSPS) is 10.2. The van der Waals surface area contributed by atoms with E-state index in [1.165, 1.54) is 6.07 Å². The largest absolute Gasteiger partial charge is 0.417 e. The smallest absolute Gasteiger partial charge is 0.328 e. The lowest BCUT2D eigenvalue weighted by Crippen LogP contribution is -2.02. The first-order chi connectivity index (χ1) is 8.97. The Morgan fingerprint density at radius 1 is 1.37 bits per heavy atom. The van der Waals surface area contributed by atoms with Crippen LogP contribution < -0.4 is 10.5 Å². The van der Waals surface area contributed by atoms with Crippen molar-refractivity contribution >= 4 is 23.2 Å². The van der Waals surface area contributed by atoms with E-state index in [1.807, 2.05) is 0 Å². The number of ether oxygens (including phenoxy) is 1. The van der Waals surface area contributed by atoms with E-state index in [1.54, 1.807) is 19.1 Å². The Kier molecular flexibility index (Phi) is 3.43. The van der Waals surface area contributed by atoms with E-state index in [0.29, 0.717) is 5.56 Å². The molecule has 1 aromatic carbocycles. The second-order valence-electron chi connectivity index (χ2n) is 3.53. The van der Waals surface area contributed by atoms with E-state index < -0.39 is 4.92 Å². The van der Waals surface area contributed by atoms with Gasteiger partial charge in [0.1, 0.15) is 0 Å². The van der Waals surface area contributed by atoms with Crippen LogP contribution in [-0.2, 0) is 0 Å². The number of para-hydroxylation sites is 1. The fourth-order valence-corrected chi connectivity index (χ4v) is 1.60. The number of hydrogen-bond donors (Lipinski definition) is 1. The second kappa shape index (κ2) is 5.02. The molecule has 0 saturated carbocycles. The summed E-state index contributed by atoms with van der Waals surface area (Å²) >= 11 is 5.59. The Hall–Kier alpha value is -2.48. The van der Waals surface area contributed by atoms with Gasteiger partial charge in [0.05, 0.1) is 4.92 Å². The minimum Gasteiger partial charge on any atom is -0.417 e. The number of nitro benzene ring substituents is 1. The lowest BCUT2D eigenvalue weighted by atomic mass is 10.2. The van der Waals surface area contributed by atoms with Crippen LogP contribution in [0, 0.1) is 17.0 Å². The maximum absolute atomic E-state index is 11.0. The third-order valence-electron chi connectivity index (χ3n) is 2.19. The quantitative estimate of drug-likeness (QED) is 0.676. The second-order valence-corrected chi connectivity index (χ2v) is 3.86. The molecule has 0 radical (unpaired) electrons. The Balaban J connectivity index is 2.43. The first-order valence-electron chi connectivity index (χ1n) is 5.06. The van der Waals surface area contributed by atoms with E-state index >= 15 is 0 Å². The molecule has 8 nitrogen and oxygen atoms in total. The van der Waals surface area contributed by atoms with Crippen LogP contribution in [0.25, 0.3) is 0 Å². The van der Waals surface area contributed by atoms with E-state index in [2.05, 4.69) is 15.0 Å². The van der Waals surface area contributed by atoms with E-state index in [-0.39, 0.29) is 28.7 Å². The summed E-state index contributed by atoms with van der Waals surface area (Å²) in [6, 6.07) is 4.44. The van der Waals surface area contributed by atoms with Gasteiger partial charge in [0.2, 0.25) is 17.0 Å². The van der Waals surface area contributed by atoms with Crippen molar-refractivity contribution < 1.29 is 9.66 Å². The highest BCUT2D eigenvalue weighted by atomic mass is 35.5. The Labute approximate surface area is 112 Å². The molecule has 0 unspecified atom stereocenters. The van der Waals surface area contributed by atoms with Gasteiger partial charge in [0.25, 0.3) is 0 Å². The lowest BCUT2D eigenvalue weighted by molar-refractivity contribution is -0.386. The SMILES string of the molecule is Cc1cccc(Oc2nc(N)nc(Cl)n2)c1[N+](=O)[O-]. The zero-order valence-corrected chi connectivity index (χ0v) is 10.5. The molecule has 2 rings (SSSR count). The molecule has 9 heteroatoms. The molecule has 0 aliphatic heterocycles. The number of nitrogens with two attached hydrogens (primary N) is 1. The molecular formula is C10H8ClN5O3. The third-order valence-corrected chi connectivity index (χ3v) is 2.36. The highest BCUT2D eigenvalue weighted by Gasteiger charge is 2.20. The van der Waals surface area contributed by atoms with E-state index in [9.17, 15) is 10.1 Å². The Morgan fingerprint density at radius 2 is 2.11 bits per heavy atom. The number of aromatic nitrogens is 3. The number of halogens is 1. The molecule has 1 aromatic heterocycles. The zero-order chi connectivity index (χ0) is 14.0. The molecule has 0 spiro atoms. The highest BCUT2D eigenvalue weighted by Crippen LogP contribution is 2.32. The summed E-state index contributed by atoms with van der Waals surface area (Å²) in [7, 11) is 0. The number of rotatable bonds is 3. The number of hydrogen-bond acceptors (Lipinski definition) is 7. The first-order valence-corrected chi connectivity index (χ1v) is 5.44. The molecule has 0 atom stereocenters. The summed E-state index contributed by atoms with van der Waals surface area (Å²) in [5, 5.41) is 10.8. The predicted octanol–water partition coefficient (Wildman–Crippen LogP) is 2.12. The number of aryl methyl sites for hydroxylation is 1. The van der Waals surface area contributed by atoms with Crippen molar-refractivity contribution in [1.82, 2.24) is 15.0 Å². The Bertz CT molecular complexity index is 629. The van der Waals surface area contributed by atoms with Crippen LogP contribution in [0.15, 0.2) is 18.2 Å². The van der Waals surface area contributed by atoms with Crippen molar-refractivity contribution in [3.8, 4) is 11.8 Å². The molecule has 0 fully saturated rings. The van der Waals surface area contributed by atoms with Gasteiger partial charge in [-0.25, -0.2) is 0 Å². The summed E-state index contributed by atoms with van der Waals surface area (Å²) < 4.78 is 5.24. The molecule has 98 valence electrons. The Morgan fingerprint density at radius 3 is 2.74 bits per heavy atom. The van der Waals surface area contributed by atoms with Crippen molar-refractivity contribution in [3.05, 3.63) is 39.2 Å². The number of benzene rings is 1. The van der Waals surface area contributed by atoms with Crippen molar-refractivity contribution in [2.75, 3.05) is 5.73 Å². The summed E-state index contributed by atoms with van der Waals surface area (Å²) in [5.74, 6) is -0.128. The first kappa shape index (κ1) is 13.0. The lowest BCUT2D eigenvalue weighted by Gasteiger charge is -2.06. The van der Waals surface area contributed by atoms with E-state index in [0.717, 1.165) is 0 Å². The summed E-state index contributed by atoms with van der Waals surface area (Å²) in [5.41, 5.74) is 5.67. The molecule has 0 amide bonds. The van der Waals surface area contributed by atoms with Crippen molar-refractivity contribution in [2.45, 2.75) is 6.92 Å². The van der Waals surface area contributed by atoms with Gasteiger partial charge in [-0.15, -0.1) is 0 Å². The van der Waals surface area contributed by atoms with Gasteiger partial charge in [-0.2, -0.15) is 15.0 Å². The summed E-state index contributed by atoms with van der Waals surface area (Å²) in [4.78, 5) is 21.4. The fourth-order valence-electron chi connectivity index (χ4n) is 1.44. The van der Waals surface area contributed by atoms with Crippen LogP contribution in [0.1, 0.15) is 5.56 Å². The van der Waals surface area contributed by atoms with Crippen LogP contribution in [0.4, 0.5) is 11.6 Å². The van der Waals surface area contributed by atoms with Crippen LogP contribution in [0.5, 0.6) is 11.8 Å². The molecule has 1 heterocycles. The number of nitro groups is 1. The maximum atomic E-state index is 11.0.